The molecule has 1 aromatic rings. The standard InChI is InChI=1S/C11H13F3N2O.ClH/c1-7-2-3-8(4-9(7)12)10(17)16-6-11(13,14)5-15;/h2-4H,5-6,15H2,1H3,(H,16,17);1H. The highest BCUT2D eigenvalue weighted by Gasteiger charge is 2.27. The smallest absolute Gasteiger partial charge is 0.277 e. The summed E-state index contributed by atoms with van der Waals surface area (Å²) in [5, 5.41) is 2.00. The summed E-state index contributed by atoms with van der Waals surface area (Å²) in [7, 11) is 0. The number of nitrogens with one attached hydrogen (secondary N) is 1. The third kappa shape index (κ3) is 4.54. The number of alkyl halides is 2. The molecule has 0 aliphatic heterocycles. The zero-order valence-electron chi connectivity index (χ0n) is 9.67. The van der Waals surface area contributed by atoms with Crippen LogP contribution in [0, 0.1) is 12.7 Å². The van der Waals surface area contributed by atoms with Crippen molar-refractivity contribution in [3.8, 4) is 0 Å². The maximum absolute atomic E-state index is 13.1. The number of benzene rings is 1. The summed E-state index contributed by atoms with van der Waals surface area (Å²) in [6, 6.07) is 3.78. The van der Waals surface area contributed by atoms with Gasteiger partial charge in [-0.25, -0.2) is 13.2 Å². The molecule has 18 heavy (non-hydrogen) atoms. The van der Waals surface area contributed by atoms with Crippen LogP contribution in [-0.2, 0) is 0 Å². The molecule has 3 N–H and O–H groups in total. The number of hydrogen-bond donors (Lipinski definition) is 2. The van der Waals surface area contributed by atoms with Crippen LogP contribution in [0.1, 0.15) is 15.9 Å². The summed E-state index contributed by atoms with van der Waals surface area (Å²) < 4.78 is 38.6. The van der Waals surface area contributed by atoms with Crippen molar-refractivity contribution in [2.75, 3.05) is 13.1 Å². The fraction of sp³-hybridized carbons (Fsp3) is 0.364. The Morgan fingerprint density at radius 1 is 1.44 bits per heavy atom. The minimum absolute atomic E-state index is 0. The predicted molar refractivity (Wildman–Crippen MR) is 64.7 cm³/mol. The molecule has 1 aromatic carbocycles. The fourth-order valence-electron chi connectivity index (χ4n) is 1.12. The van der Waals surface area contributed by atoms with Gasteiger partial charge >= 0.3 is 0 Å². The van der Waals surface area contributed by atoms with Gasteiger partial charge in [-0.3, -0.25) is 4.79 Å². The van der Waals surface area contributed by atoms with Gasteiger partial charge in [0, 0.05) is 5.56 Å². The lowest BCUT2D eigenvalue weighted by atomic mass is 10.1. The molecule has 1 amide bonds. The van der Waals surface area contributed by atoms with Crippen LogP contribution in [0.5, 0.6) is 0 Å². The monoisotopic (exact) mass is 282 g/mol. The predicted octanol–water partition coefficient (Wildman–Crippen LogP) is 1.88. The largest absolute Gasteiger partial charge is 0.346 e. The summed E-state index contributed by atoms with van der Waals surface area (Å²) >= 11 is 0. The van der Waals surface area contributed by atoms with Gasteiger partial charge in [-0.05, 0) is 24.6 Å². The van der Waals surface area contributed by atoms with Crippen molar-refractivity contribution in [2.24, 2.45) is 5.73 Å². The molecule has 0 heterocycles. The molecule has 0 saturated carbocycles. The van der Waals surface area contributed by atoms with E-state index in [4.69, 9.17) is 5.73 Å². The van der Waals surface area contributed by atoms with E-state index < -0.39 is 30.7 Å². The Morgan fingerprint density at radius 3 is 2.56 bits per heavy atom. The third-order valence-corrected chi connectivity index (χ3v) is 2.24. The van der Waals surface area contributed by atoms with Crippen LogP contribution in [0.3, 0.4) is 0 Å². The van der Waals surface area contributed by atoms with Crippen molar-refractivity contribution in [2.45, 2.75) is 12.8 Å². The molecule has 0 aliphatic carbocycles. The normalized spacial score (nSPS) is 10.7. The van der Waals surface area contributed by atoms with Gasteiger partial charge in [0.2, 0.25) is 0 Å². The molecule has 3 nitrogen and oxygen atoms in total. The van der Waals surface area contributed by atoms with Gasteiger partial charge in [0.1, 0.15) is 5.82 Å². The summed E-state index contributed by atoms with van der Waals surface area (Å²) in [5.41, 5.74) is 5.20. The molecule has 0 aliphatic rings. The molecule has 102 valence electrons. The quantitative estimate of drug-likeness (QED) is 0.886. The van der Waals surface area contributed by atoms with Crippen molar-refractivity contribution in [3.05, 3.63) is 35.1 Å². The molecule has 0 spiro atoms. The Morgan fingerprint density at radius 2 is 2.06 bits per heavy atom. The van der Waals surface area contributed by atoms with Crippen LogP contribution in [0.25, 0.3) is 0 Å². The Kier molecular flexibility index (Phi) is 6.14. The van der Waals surface area contributed by atoms with E-state index in [1.807, 2.05) is 5.32 Å². The lowest BCUT2D eigenvalue weighted by molar-refractivity contribution is 0.0118. The second-order valence-corrected chi connectivity index (χ2v) is 3.71. The van der Waals surface area contributed by atoms with E-state index in [0.717, 1.165) is 6.07 Å². The van der Waals surface area contributed by atoms with E-state index in [2.05, 4.69) is 0 Å². The first-order valence-electron chi connectivity index (χ1n) is 4.98. The second-order valence-electron chi connectivity index (χ2n) is 3.71. The van der Waals surface area contributed by atoms with Crippen molar-refractivity contribution in [3.63, 3.8) is 0 Å². The van der Waals surface area contributed by atoms with E-state index in [-0.39, 0.29) is 18.0 Å². The minimum atomic E-state index is -3.15. The molecule has 0 radical (unpaired) electrons. The Balaban J connectivity index is 0.00000289. The molecule has 0 aromatic heterocycles. The van der Waals surface area contributed by atoms with Gasteiger partial charge in [-0.2, -0.15) is 0 Å². The molecule has 0 saturated heterocycles. The maximum Gasteiger partial charge on any atom is 0.277 e. The van der Waals surface area contributed by atoms with Gasteiger partial charge in [-0.15, -0.1) is 12.4 Å². The van der Waals surface area contributed by atoms with Crippen molar-refractivity contribution in [1.29, 1.82) is 0 Å². The van der Waals surface area contributed by atoms with Crippen molar-refractivity contribution in [1.82, 2.24) is 5.32 Å². The summed E-state index contributed by atoms with van der Waals surface area (Å²) in [6.07, 6.45) is 0. The van der Waals surface area contributed by atoms with Crippen LogP contribution < -0.4 is 11.1 Å². The van der Waals surface area contributed by atoms with Gasteiger partial charge in [0.05, 0.1) is 13.1 Å². The highest BCUT2D eigenvalue weighted by atomic mass is 35.5. The van der Waals surface area contributed by atoms with Crippen LogP contribution in [0.2, 0.25) is 0 Å². The Hall–Kier alpha value is -1.27. The average Bonchev–Trinajstić information content (AvgIpc) is 2.30. The van der Waals surface area contributed by atoms with E-state index in [0.29, 0.717) is 5.56 Å². The molecular weight excluding hydrogens is 269 g/mol. The van der Waals surface area contributed by atoms with Crippen molar-refractivity contribution < 1.29 is 18.0 Å². The number of nitrogens with two attached hydrogens (primary N) is 1. The maximum atomic E-state index is 13.1. The zero-order valence-corrected chi connectivity index (χ0v) is 10.5. The molecule has 1 rings (SSSR count). The number of amides is 1. The SMILES string of the molecule is Cc1ccc(C(=O)NCC(F)(F)CN)cc1F.Cl. The topological polar surface area (TPSA) is 55.1 Å². The van der Waals surface area contributed by atoms with Crippen LogP contribution in [0.15, 0.2) is 18.2 Å². The average molecular weight is 283 g/mol. The van der Waals surface area contributed by atoms with Gasteiger partial charge in [0.25, 0.3) is 11.8 Å². The van der Waals surface area contributed by atoms with Crippen LogP contribution >= 0.6 is 12.4 Å². The molecule has 0 fully saturated rings. The van der Waals surface area contributed by atoms with Crippen LogP contribution in [-0.4, -0.2) is 24.9 Å². The Bertz CT molecular complexity index is 427. The van der Waals surface area contributed by atoms with Gasteiger partial charge in [-0.1, -0.05) is 6.07 Å². The second kappa shape index (κ2) is 6.61. The highest BCUT2D eigenvalue weighted by molar-refractivity contribution is 5.94. The number of carbonyl (C=O) groups excluding carboxylic acids is 1. The first-order chi connectivity index (χ1) is 7.85. The van der Waals surface area contributed by atoms with E-state index in [1.165, 1.54) is 12.1 Å². The lowest BCUT2D eigenvalue weighted by Crippen LogP contribution is -2.41. The third-order valence-electron chi connectivity index (χ3n) is 2.24. The molecule has 0 atom stereocenters. The van der Waals surface area contributed by atoms with E-state index >= 15 is 0 Å². The number of carbonyl (C=O) groups is 1. The number of aryl methyl sites for hydroxylation is 1. The lowest BCUT2D eigenvalue weighted by Gasteiger charge is -2.14. The van der Waals surface area contributed by atoms with E-state index in [9.17, 15) is 18.0 Å². The van der Waals surface area contributed by atoms with Crippen LogP contribution in [0.4, 0.5) is 13.2 Å². The molecule has 0 unspecified atom stereocenters. The highest BCUT2D eigenvalue weighted by Crippen LogP contribution is 2.11. The van der Waals surface area contributed by atoms with Gasteiger partial charge in [0.15, 0.2) is 0 Å². The Labute approximate surface area is 109 Å². The number of halogens is 4. The fourth-order valence-corrected chi connectivity index (χ4v) is 1.12. The molecule has 0 bridgehead atoms. The first-order valence-corrected chi connectivity index (χ1v) is 4.98. The summed E-state index contributed by atoms with van der Waals surface area (Å²) in [5.74, 6) is -4.46. The molecule has 7 heteroatoms. The molecular formula is C11H14ClF3N2O. The zero-order chi connectivity index (χ0) is 13.1. The number of hydrogen-bond acceptors (Lipinski definition) is 2. The summed E-state index contributed by atoms with van der Waals surface area (Å²) in [4.78, 5) is 11.4. The first kappa shape index (κ1) is 16.7. The van der Waals surface area contributed by atoms with Gasteiger partial charge < -0.3 is 11.1 Å². The summed E-state index contributed by atoms with van der Waals surface area (Å²) in [6.45, 7) is -0.174. The number of rotatable bonds is 4. The van der Waals surface area contributed by atoms with Crippen molar-refractivity contribution >= 4 is 18.3 Å². The van der Waals surface area contributed by atoms with E-state index in [1.54, 1.807) is 6.92 Å². The minimum Gasteiger partial charge on any atom is -0.346 e.